The van der Waals surface area contributed by atoms with Gasteiger partial charge in [-0.1, -0.05) is 36.4 Å². The van der Waals surface area contributed by atoms with Gasteiger partial charge in [0, 0.05) is 23.5 Å². The summed E-state index contributed by atoms with van der Waals surface area (Å²) in [6, 6.07) is 20.4. The number of thioether (sulfide) groups is 1. The number of fused-ring (bicyclic) bond motifs is 1. The zero-order valence-electron chi connectivity index (χ0n) is 17.1. The molecule has 1 atom stereocenters. The van der Waals surface area contributed by atoms with Gasteiger partial charge in [-0.15, -0.1) is 0 Å². The molecule has 0 saturated heterocycles. The van der Waals surface area contributed by atoms with E-state index in [0.717, 1.165) is 29.2 Å². The largest absolute Gasteiger partial charge is 0.505 e. The Morgan fingerprint density at radius 3 is 2.68 bits per heavy atom. The van der Waals surface area contributed by atoms with Gasteiger partial charge in [-0.3, -0.25) is 9.59 Å². The Kier molecular flexibility index (Phi) is 6.28. The second-order valence-electron chi connectivity index (χ2n) is 7.48. The van der Waals surface area contributed by atoms with Crippen molar-refractivity contribution >= 4 is 29.1 Å². The van der Waals surface area contributed by atoms with Crippen molar-refractivity contribution in [3.8, 4) is 11.5 Å². The van der Waals surface area contributed by atoms with Crippen molar-refractivity contribution in [1.82, 2.24) is 0 Å². The Morgan fingerprint density at radius 2 is 1.90 bits per heavy atom. The molecule has 0 aliphatic carbocycles. The number of ether oxygens (including phenoxy) is 1. The first kappa shape index (κ1) is 21.0. The van der Waals surface area contributed by atoms with Gasteiger partial charge in [-0.05, 0) is 48.4 Å². The smallest absolute Gasteiger partial charge is 0.255 e. The number of carbonyl (C=O) groups excluding carboxylic acids is 2. The topological polar surface area (TPSA) is 75.6 Å². The molecule has 1 aliphatic rings. The second-order valence-corrected chi connectivity index (χ2v) is 8.51. The molecule has 6 heteroatoms. The number of nitrogens with one attached hydrogen (secondary N) is 1. The zero-order valence-corrected chi connectivity index (χ0v) is 17.9. The standard InChI is InChI=1S/C25H23NO4S/c1-16(27)21-8-5-9-22(24(21)28)26-25(29)18-10-11-23-19(12-18)13-20(30-23)15-31-14-17-6-3-2-4-7-17/h2-12,20,28H,13-15H2,1H3,(H,26,29). The molecule has 3 aromatic carbocycles. The number of ketones is 1. The minimum absolute atomic E-state index is 0.0818. The Morgan fingerprint density at radius 1 is 1.10 bits per heavy atom. The molecule has 0 fully saturated rings. The lowest BCUT2D eigenvalue weighted by Gasteiger charge is -2.10. The molecule has 1 amide bonds. The zero-order chi connectivity index (χ0) is 21.8. The quantitative estimate of drug-likeness (QED) is 0.401. The van der Waals surface area contributed by atoms with Crippen molar-refractivity contribution in [2.45, 2.75) is 25.2 Å². The van der Waals surface area contributed by atoms with Crippen LogP contribution in [0.2, 0.25) is 0 Å². The highest BCUT2D eigenvalue weighted by molar-refractivity contribution is 7.98. The lowest BCUT2D eigenvalue weighted by atomic mass is 10.1. The number of phenols is 1. The van der Waals surface area contributed by atoms with E-state index in [4.69, 9.17) is 4.74 Å². The molecule has 1 heterocycles. The van der Waals surface area contributed by atoms with E-state index in [0.29, 0.717) is 5.56 Å². The predicted molar refractivity (Wildman–Crippen MR) is 123 cm³/mol. The number of hydrogen-bond acceptors (Lipinski definition) is 5. The van der Waals surface area contributed by atoms with Gasteiger partial charge in [0.1, 0.15) is 17.6 Å². The minimum Gasteiger partial charge on any atom is -0.505 e. The highest BCUT2D eigenvalue weighted by Crippen LogP contribution is 2.32. The number of hydrogen-bond donors (Lipinski definition) is 2. The number of rotatable bonds is 7. The first-order chi connectivity index (χ1) is 15.0. The third-order valence-electron chi connectivity index (χ3n) is 5.14. The molecule has 4 rings (SSSR count). The number of anilines is 1. The fraction of sp³-hybridized carbons (Fsp3) is 0.200. The Balaban J connectivity index is 1.38. The number of para-hydroxylation sites is 1. The van der Waals surface area contributed by atoms with Crippen molar-refractivity contribution in [2.75, 3.05) is 11.1 Å². The molecule has 31 heavy (non-hydrogen) atoms. The van der Waals surface area contributed by atoms with E-state index in [-0.39, 0.29) is 34.8 Å². The van der Waals surface area contributed by atoms with E-state index in [1.807, 2.05) is 42.1 Å². The van der Waals surface area contributed by atoms with E-state index >= 15 is 0 Å². The molecule has 2 N–H and O–H groups in total. The number of carbonyl (C=O) groups is 2. The number of Topliss-reactive ketones (excluding diaryl/α,β-unsaturated/α-hetero) is 1. The van der Waals surface area contributed by atoms with Gasteiger partial charge in [0.25, 0.3) is 5.91 Å². The van der Waals surface area contributed by atoms with E-state index in [2.05, 4.69) is 17.4 Å². The van der Waals surface area contributed by atoms with Crippen LogP contribution in [-0.4, -0.2) is 28.7 Å². The fourth-order valence-electron chi connectivity index (χ4n) is 3.56. The maximum absolute atomic E-state index is 12.7. The Labute approximate surface area is 185 Å². The third-order valence-corrected chi connectivity index (χ3v) is 6.29. The van der Waals surface area contributed by atoms with Crippen LogP contribution in [0, 0.1) is 0 Å². The van der Waals surface area contributed by atoms with Crippen LogP contribution >= 0.6 is 11.8 Å². The van der Waals surface area contributed by atoms with E-state index < -0.39 is 0 Å². The first-order valence-electron chi connectivity index (χ1n) is 10.1. The highest BCUT2D eigenvalue weighted by atomic mass is 32.2. The maximum atomic E-state index is 12.7. The van der Waals surface area contributed by atoms with Gasteiger partial charge in [0.2, 0.25) is 0 Å². The summed E-state index contributed by atoms with van der Waals surface area (Å²) in [4.78, 5) is 24.3. The van der Waals surface area contributed by atoms with Crippen molar-refractivity contribution in [3.63, 3.8) is 0 Å². The summed E-state index contributed by atoms with van der Waals surface area (Å²) in [6.07, 6.45) is 0.835. The van der Waals surface area contributed by atoms with Crippen LogP contribution in [0.5, 0.6) is 11.5 Å². The molecule has 1 aliphatic heterocycles. The van der Waals surface area contributed by atoms with Crippen LogP contribution in [0.3, 0.4) is 0 Å². The molecule has 0 radical (unpaired) electrons. The van der Waals surface area contributed by atoms with Gasteiger partial charge in [-0.25, -0.2) is 0 Å². The van der Waals surface area contributed by atoms with E-state index in [1.165, 1.54) is 18.6 Å². The van der Waals surface area contributed by atoms with Gasteiger partial charge in [0.15, 0.2) is 5.78 Å². The van der Waals surface area contributed by atoms with Crippen molar-refractivity contribution in [3.05, 3.63) is 89.0 Å². The minimum atomic E-state index is -0.347. The molecule has 0 aromatic heterocycles. The van der Waals surface area contributed by atoms with Crippen LogP contribution in [0.15, 0.2) is 66.7 Å². The monoisotopic (exact) mass is 433 g/mol. The van der Waals surface area contributed by atoms with Gasteiger partial charge in [-0.2, -0.15) is 11.8 Å². The summed E-state index contributed by atoms with van der Waals surface area (Å²) < 4.78 is 6.03. The van der Waals surface area contributed by atoms with Gasteiger partial charge < -0.3 is 15.2 Å². The third kappa shape index (κ3) is 4.91. The predicted octanol–water partition coefficient (Wildman–Crippen LogP) is 5.08. The molecule has 0 bridgehead atoms. The lowest BCUT2D eigenvalue weighted by molar-refractivity contribution is 0.100. The van der Waals surface area contributed by atoms with Crippen LogP contribution in [0.1, 0.15) is 38.8 Å². The molecular weight excluding hydrogens is 410 g/mol. The summed E-state index contributed by atoms with van der Waals surface area (Å²) in [5, 5.41) is 12.9. The molecular formula is C25H23NO4S. The molecule has 3 aromatic rings. The maximum Gasteiger partial charge on any atom is 0.255 e. The summed E-state index contributed by atoms with van der Waals surface area (Å²) >= 11 is 1.83. The Hall–Kier alpha value is -3.25. The fourth-order valence-corrected chi connectivity index (χ4v) is 4.55. The van der Waals surface area contributed by atoms with Crippen LogP contribution in [0.4, 0.5) is 5.69 Å². The molecule has 0 saturated carbocycles. The molecule has 5 nitrogen and oxygen atoms in total. The molecule has 158 valence electrons. The number of amides is 1. The van der Waals surface area contributed by atoms with E-state index in [9.17, 15) is 14.7 Å². The number of benzene rings is 3. The highest BCUT2D eigenvalue weighted by Gasteiger charge is 2.24. The molecule has 1 unspecified atom stereocenters. The summed E-state index contributed by atoms with van der Waals surface area (Å²) in [6.45, 7) is 1.37. The van der Waals surface area contributed by atoms with Gasteiger partial charge in [0.05, 0.1) is 11.3 Å². The van der Waals surface area contributed by atoms with E-state index in [1.54, 1.807) is 18.2 Å². The second kappa shape index (κ2) is 9.27. The average molecular weight is 434 g/mol. The van der Waals surface area contributed by atoms with Crippen LogP contribution < -0.4 is 10.1 Å². The van der Waals surface area contributed by atoms with Gasteiger partial charge >= 0.3 is 0 Å². The SMILES string of the molecule is CC(=O)c1cccc(NC(=O)c2ccc3c(c2)CC(CSCc2ccccc2)O3)c1O. The lowest BCUT2D eigenvalue weighted by Crippen LogP contribution is -2.16. The van der Waals surface area contributed by atoms with Crippen molar-refractivity contribution < 1.29 is 19.4 Å². The Bertz CT molecular complexity index is 1110. The average Bonchev–Trinajstić information content (AvgIpc) is 3.17. The van der Waals surface area contributed by atoms with Crippen molar-refractivity contribution in [1.29, 1.82) is 0 Å². The molecule has 0 spiro atoms. The number of aromatic hydroxyl groups is 1. The summed E-state index contributed by atoms with van der Waals surface area (Å²) in [7, 11) is 0. The number of phenolic OH excluding ortho intramolecular Hbond substituents is 1. The first-order valence-corrected chi connectivity index (χ1v) is 11.2. The van der Waals surface area contributed by atoms with Crippen LogP contribution in [0.25, 0.3) is 0 Å². The summed E-state index contributed by atoms with van der Waals surface area (Å²) in [5.74, 6) is 1.79. The van der Waals surface area contributed by atoms with Crippen molar-refractivity contribution in [2.24, 2.45) is 0 Å². The summed E-state index contributed by atoms with van der Waals surface area (Å²) in [5.41, 5.74) is 3.16. The normalized spacial score (nSPS) is 14.5. The van der Waals surface area contributed by atoms with Crippen LogP contribution in [-0.2, 0) is 12.2 Å².